The average molecular weight is 416 g/mol. The number of methoxy groups -OCH3 is 1. The number of carbonyl (C=O) groups is 2. The van der Waals surface area contributed by atoms with Gasteiger partial charge in [-0.25, -0.2) is 4.39 Å². The molecule has 7 heteroatoms. The summed E-state index contributed by atoms with van der Waals surface area (Å²) in [6, 6.07) is 12.4. The van der Waals surface area contributed by atoms with Crippen LogP contribution in [-0.2, 0) is 16.1 Å². The lowest BCUT2D eigenvalue weighted by Gasteiger charge is -2.29. The molecule has 0 spiro atoms. The first-order valence-electron chi connectivity index (χ1n) is 9.89. The van der Waals surface area contributed by atoms with E-state index in [0.717, 1.165) is 5.56 Å². The lowest BCUT2D eigenvalue weighted by Crippen LogP contribution is -2.49. The number of para-hydroxylation sites is 1. The molecule has 0 aliphatic rings. The first-order valence-corrected chi connectivity index (χ1v) is 9.89. The second-order valence-corrected chi connectivity index (χ2v) is 7.40. The molecule has 1 atom stereocenters. The van der Waals surface area contributed by atoms with E-state index in [-0.39, 0.29) is 30.7 Å². The van der Waals surface area contributed by atoms with Crippen molar-refractivity contribution in [3.05, 3.63) is 59.9 Å². The maximum absolute atomic E-state index is 13.8. The molecule has 0 saturated heterocycles. The Morgan fingerprint density at radius 2 is 1.73 bits per heavy atom. The van der Waals surface area contributed by atoms with E-state index in [9.17, 15) is 14.0 Å². The summed E-state index contributed by atoms with van der Waals surface area (Å²) in [4.78, 5) is 26.9. The number of rotatable bonds is 10. The van der Waals surface area contributed by atoms with Crippen molar-refractivity contribution in [3.63, 3.8) is 0 Å². The maximum Gasteiger partial charge on any atom is 0.261 e. The van der Waals surface area contributed by atoms with Gasteiger partial charge >= 0.3 is 0 Å². The smallest absolute Gasteiger partial charge is 0.261 e. The van der Waals surface area contributed by atoms with Crippen molar-refractivity contribution in [3.8, 4) is 11.5 Å². The molecule has 0 unspecified atom stereocenters. The second-order valence-electron chi connectivity index (χ2n) is 7.40. The van der Waals surface area contributed by atoms with Crippen LogP contribution in [0.2, 0.25) is 0 Å². The van der Waals surface area contributed by atoms with Gasteiger partial charge in [-0.2, -0.15) is 0 Å². The van der Waals surface area contributed by atoms with Gasteiger partial charge in [0.15, 0.2) is 18.2 Å². The number of amides is 2. The summed E-state index contributed by atoms with van der Waals surface area (Å²) in [7, 11) is 1.58. The number of benzene rings is 2. The van der Waals surface area contributed by atoms with Crippen LogP contribution >= 0.6 is 0 Å². The predicted molar refractivity (Wildman–Crippen MR) is 113 cm³/mol. The van der Waals surface area contributed by atoms with Crippen molar-refractivity contribution in [2.24, 2.45) is 5.92 Å². The zero-order valence-electron chi connectivity index (χ0n) is 17.9. The van der Waals surface area contributed by atoms with Crippen molar-refractivity contribution in [2.75, 3.05) is 20.3 Å². The van der Waals surface area contributed by atoms with Crippen LogP contribution in [0, 0.1) is 11.7 Å². The molecule has 0 aliphatic carbocycles. The normalized spacial score (nSPS) is 11.7. The Hall–Kier alpha value is -3.09. The zero-order valence-corrected chi connectivity index (χ0v) is 17.9. The molecule has 1 N–H and O–H groups in total. The lowest BCUT2D eigenvalue weighted by molar-refractivity contribution is -0.142. The van der Waals surface area contributed by atoms with Crippen LogP contribution in [0.1, 0.15) is 26.3 Å². The Bertz CT molecular complexity index is 839. The quantitative estimate of drug-likeness (QED) is 0.645. The molecular formula is C23H29FN2O4. The Kier molecular flexibility index (Phi) is 8.65. The molecule has 0 fully saturated rings. The van der Waals surface area contributed by atoms with Crippen molar-refractivity contribution in [1.29, 1.82) is 0 Å². The third-order valence-electron chi connectivity index (χ3n) is 4.55. The molecule has 0 heterocycles. The van der Waals surface area contributed by atoms with Crippen LogP contribution < -0.4 is 14.8 Å². The third kappa shape index (κ3) is 6.76. The number of ether oxygens (including phenoxy) is 2. The average Bonchev–Trinajstić information content (AvgIpc) is 2.74. The fourth-order valence-corrected chi connectivity index (χ4v) is 2.75. The van der Waals surface area contributed by atoms with Crippen LogP contribution in [-0.4, -0.2) is 43.0 Å². The van der Waals surface area contributed by atoms with Crippen molar-refractivity contribution in [2.45, 2.75) is 33.4 Å². The lowest BCUT2D eigenvalue weighted by atomic mass is 10.1. The van der Waals surface area contributed by atoms with Gasteiger partial charge in [-0.1, -0.05) is 38.1 Å². The summed E-state index contributed by atoms with van der Waals surface area (Å²) in [5.74, 6) is -0.238. The van der Waals surface area contributed by atoms with Gasteiger partial charge in [-0.3, -0.25) is 9.59 Å². The number of carbonyl (C=O) groups excluding carboxylic acids is 2. The first-order chi connectivity index (χ1) is 14.3. The molecule has 0 aromatic heterocycles. The summed E-state index contributed by atoms with van der Waals surface area (Å²) in [5.41, 5.74) is 0.832. The number of halogens is 1. The van der Waals surface area contributed by atoms with Gasteiger partial charge in [-0.05, 0) is 42.7 Å². The molecule has 30 heavy (non-hydrogen) atoms. The topological polar surface area (TPSA) is 67.9 Å². The van der Waals surface area contributed by atoms with E-state index in [1.807, 2.05) is 26.0 Å². The molecular weight excluding hydrogens is 387 g/mol. The van der Waals surface area contributed by atoms with Gasteiger partial charge in [0, 0.05) is 13.1 Å². The first kappa shape index (κ1) is 23.2. The fraction of sp³-hybridized carbons (Fsp3) is 0.391. The number of hydrogen-bond acceptors (Lipinski definition) is 4. The van der Waals surface area contributed by atoms with E-state index in [2.05, 4.69) is 5.32 Å². The molecule has 2 amide bonds. The van der Waals surface area contributed by atoms with E-state index in [1.165, 1.54) is 17.0 Å². The molecule has 0 radical (unpaired) electrons. The van der Waals surface area contributed by atoms with Gasteiger partial charge in [0.05, 0.1) is 7.11 Å². The predicted octanol–water partition coefficient (Wildman–Crippen LogP) is 3.40. The number of nitrogens with zero attached hydrogens (tertiary/aromatic N) is 1. The van der Waals surface area contributed by atoms with E-state index >= 15 is 0 Å². The summed E-state index contributed by atoms with van der Waals surface area (Å²) in [5, 5.41) is 2.85. The van der Waals surface area contributed by atoms with E-state index < -0.39 is 17.8 Å². The Balaban J connectivity index is 2.14. The molecule has 0 aliphatic heterocycles. The number of hydrogen-bond donors (Lipinski definition) is 1. The minimum Gasteiger partial charge on any atom is -0.497 e. The third-order valence-corrected chi connectivity index (χ3v) is 4.55. The molecule has 2 rings (SSSR count). The molecule has 2 aromatic rings. The van der Waals surface area contributed by atoms with Gasteiger partial charge < -0.3 is 19.7 Å². The minimum atomic E-state index is -0.720. The van der Waals surface area contributed by atoms with E-state index in [4.69, 9.17) is 9.47 Å². The fourth-order valence-electron chi connectivity index (χ4n) is 2.75. The highest BCUT2D eigenvalue weighted by atomic mass is 19.1. The van der Waals surface area contributed by atoms with Crippen LogP contribution in [0.3, 0.4) is 0 Å². The van der Waals surface area contributed by atoms with Gasteiger partial charge in [0.2, 0.25) is 5.91 Å². The van der Waals surface area contributed by atoms with Crippen LogP contribution in [0.4, 0.5) is 4.39 Å². The maximum atomic E-state index is 13.8. The highest BCUT2D eigenvalue weighted by Crippen LogP contribution is 2.17. The molecule has 0 bridgehead atoms. The molecule has 0 saturated carbocycles. The van der Waals surface area contributed by atoms with Crippen molar-refractivity contribution < 1.29 is 23.5 Å². The Morgan fingerprint density at radius 1 is 1.07 bits per heavy atom. The van der Waals surface area contributed by atoms with Gasteiger partial charge in [0.1, 0.15) is 11.8 Å². The summed E-state index contributed by atoms with van der Waals surface area (Å²) >= 11 is 0. The second kappa shape index (κ2) is 11.2. The summed E-state index contributed by atoms with van der Waals surface area (Å²) in [6.45, 7) is 6.00. The highest BCUT2D eigenvalue weighted by Gasteiger charge is 2.26. The van der Waals surface area contributed by atoms with E-state index in [0.29, 0.717) is 12.3 Å². The Labute approximate surface area is 177 Å². The standard InChI is InChI=1S/C23H29FN2O4/c1-16(2)13-25-23(28)17(3)26(14-18-9-11-19(29-4)12-10-18)22(27)15-30-21-8-6-5-7-20(21)24/h5-12,16-17H,13-15H2,1-4H3,(H,25,28)/t17-/m1/s1. The zero-order chi connectivity index (χ0) is 22.1. The Morgan fingerprint density at radius 3 is 2.33 bits per heavy atom. The molecule has 6 nitrogen and oxygen atoms in total. The van der Waals surface area contributed by atoms with Crippen LogP contribution in [0.25, 0.3) is 0 Å². The molecule has 162 valence electrons. The number of nitrogens with one attached hydrogen (secondary N) is 1. The van der Waals surface area contributed by atoms with Crippen molar-refractivity contribution >= 4 is 11.8 Å². The van der Waals surface area contributed by atoms with Crippen LogP contribution in [0.5, 0.6) is 11.5 Å². The summed E-state index contributed by atoms with van der Waals surface area (Å²) in [6.07, 6.45) is 0. The monoisotopic (exact) mass is 416 g/mol. The van der Waals surface area contributed by atoms with Crippen LogP contribution in [0.15, 0.2) is 48.5 Å². The largest absolute Gasteiger partial charge is 0.497 e. The highest BCUT2D eigenvalue weighted by molar-refractivity contribution is 5.87. The summed E-state index contributed by atoms with van der Waals surface area (Å²) < 4.78 is 24.3. The van der Waals surface area contributed by atoms with Gasteiger partial charge in [-0.15, -0.1) is 0 Å². The molecule has 2 aromatic carbocycles. The minimum absolute atomic E-state index is 0.00726. The van der Waals surface area contributed by atoms with Gasteiger partial charge in [0.25, 0.3) is 5.91 Å². The van der Waals surface area contributed by atoms with Crippen molar-refractivity contribution in [1.82, 2.24) is 10.2 Å². The SMILES string of the molecule is COc1ccc(CN(C(=O)COc2ccccc2F)[C@H](C)C(=O)NCC(C)C)cc1. The van der Waals surface area contributed by atoms with E-state index in [1.54, 1.807) is 38.3 Å².